The number of pyridine rings is 1. The average molecular weight is 313 g/mol. The Kier molecular flexibility index (Phi) is 4.28. The summed E-state index contributed by atoms with van der Waals surface area (Å²) in [7, 11) is 3.97. The summed E-state index contributed by atoms with van der Waals surface area (Å²) in [4.78, 5) is 17.4. The van der Waals surface area contributed by atoms with Crippen molar-refractivity contribution in [3.05, 3.63) is 36.3 Å². The standard InChI is InChI=1S/C17H23N5O/c1-13-10-15(20-16(19-13)14-4-7-18-8-5-14)22-9-6-17(23,12-22)11-21(2)3/h4-5,7-8,10,23H,6,9,11-12H2,1-3H3. The van der Waals surface area contributed by atoms with Gasteiger partial charge in [-0.25, -0.2) is 9.97 Å². The number of anilines is 1. The third-order valence-electron chi connectivity index (χ3n) is 4.05. The van der Waals surface area contributed by atoms with Gasteiger partial charge in [-0.1, -0.05) is 0 Å². The molecular formula is C17H23N5O. The molecule has 0 amide bonds. The summed E-state index contributed by atoms with van der Waals surface area (Å²) in [5, 5.41) is 10.7. The van der Waals surface area contributed by atoms with Gasteiger partial charge in [0.05, 0.1) is 5.60 Å². The first-order chi connectivity index (χ1) is 11.0. The number of likely N-dealkylation sites (N-methyl/N-ethyl adjacent to an activating group) is 1. The number of β-amino-alcohol motifs (C(OH)–C–C–N with tert-alkyl or cyclic N) is 1. The number of aliphatic hydroxyl groups is 1. The van der Waals surface area contributed by atoms with Crippen LogP contribution >= 0.6 is 0 Å². The summed E-state index contributed by atoms with van der Waals surface area (Å²) < 4.78 is 0. The number of hydrogen-bond acceptors (Lipinski definition) is 6. The van der Waals surface area contributed by atoms with Crippen molar-refractivity contribution in [2.24, 2.45) is 0 Å². The van der Waals surface area contributed by atoms with Crippen molar-refractivity contribution in [3.63, 3.8) is 0 Å². The van der Waals surface area contributed by atoms with Crippen molar-refractivity contribution in [2.45, 2.75) is 18.9 Å². The van der Waals surface area contributed by atoms with E-state index in [2.05, 4.69) is 14.9 Å². The SMILES string of the molecule is Cc1cc(N2CCC(O)(CN(C)C)C2)nc(-c2ccncc2)n1. The molecule has 3 heterocycles. The van der Waals surface area contributed by atoms with Gasteiger partial charge in [0, 0.05) is 49.4 Å². The molecule has 2 aromatic heterocycles. The van der Waals surface area contributed by atoms with Crippen LogP contribution < -0.4 is 4.90 Å². The maximum absolute atomic E-state index is 10.7. The zero-order valence-corrected chi connectivity index (χ0v) is 13.9. The van der Waals surface area contributed by atoms with E-state index in [1.165, 1.54) is 0 Å². The van der Waals surface area contributed by atoms with Crippen LogP contribution in [0.4, 0.5) is 5.82 Å². The molecule has 1 N–H and O–H groups in total. The first-order valence-electron chi connectivity index (χ1n) is 7.83. The lowest BCUT2D eigenvalue weighted by Crippen LogP contribution is -2.42. The van der Waals surface area contributed by atoms with Crippen molar-refractivity contribution < 1.29 is 5.11 Å². The third-order valence-corrected chi connectivity index (χ3v) is 4.05. The van der Waals surface area contributed by atoms with Crippen LogP contribution in [0.1, 0.15) is 12.1 Å². The van der Waals surface area contributed by atoms with Gasteiger partial charge in [0.2, 0.25) is 0 Å². The van der Waals surface area contributed by atoms with Crippen molar-refractivity contribution in [3.8, 4) is 11.4 Å². The Hall–Kier alpha value is -2.05. The molecule has 1 saturated heterocycles. The predicted molar refractivity (Wildman–Crippen MR) is 90.3 cm³/mol. The summed E-state index contributed by atoms with van der Waals surface area (Å²) >= 11 is 0. The molecule has 0 aromatic carbocycles. The molecule has 1 atom stereocenters. The van der Waals surface area contributed by atoms with Gasteiger partial charge in [-0.05, 0) is 39.6 Å². The van der Waals surface area contributed by atoms with Gasteiger partial charge >= 0.3 is 0 Å². The van der Waals surface area contributed by atoms with Crippen LogP contribution in [0.2, 0.25) is 0 Å². The monoisotopic (exact) mass is 313 g/mol. The Morgan fingerprint density at radius 1 is 1.26 bits per heavy atom. The summed E-state index contributed by atoms with van der Waals surface area (Å²) in [6, 6.07) is 5.79. The molecule has 6 heteroatoms. The van der Waals surface area contributed by atoms with E-state index in [0.717, 1.165) is 30.0 Å². The highest BCUT2D eigenvalue weighted by molar-refractivity contribution is 5.57. The summed E-state index contributed by atoms with van der Waals surface area (Å²) in [5.41, 5.74) is 1.19. The van der Waals surface area contributed by atoms with Gasteiger partial charge in [0.1, 0.15) is 5.82 Å². The summed E-state index contributed by atoms with van der Waals surface area (Å²) in [5.74, 6) is 1.57. The molecule has 1 aliphatic rings. The lowest BCUT2D eigenvalue weighted by atomic mass is 10.0. The zero-order chi connectivity index (χ0) is 16.4. The van der Waals surface area contributed by atoms with Crippen LogP contribution in [0.5, 0.6) is 0 Å². The number of aromatic nitrogens is 3. The first-order valence-corrected chi connectivity index (χ1v) is 7.83. The topological polar surface area (TPSA) is 65.4 Å². The lowest BCUT2D eigenvalue weighted by Gasteiger charge is -2.27. The fourth-order valence-electron chi connectivity index (χ4n) is 3.11. The van der Waals surface area contributed by atoms with Gasteiger partial charge in [0.15, 0.2) is 5.82 Å². The molecule has 3 rings (SSSR count). The van der Waals surface area contributed by atoms with Crippen molar-refractivity contribution in [1.82, 2.24) is 19.9 Å². The maximum atomic E-state index is 10.7. The largest absolute Gasteiger partial charge is 0.387 e. The first kappa shape index (κ1) is 15.8. The number of hydrogen-bond donors (Lipinski definition) is 1. The van der Waals surface area contributed by atoms with E-state index in [1.54, 1.807) is 12.4 Å². The Bertz CT molecular complexity index is 676. The second kappa shape index (κ2) is 6.22. The van der Waals surface area contributed by atoms with Gasteiger partial charge in [-0.15, -0.1) is 0 Å². The van der Waals surface area contributed by atoms with Gasteiger partial charge in [-0.3, -0.25) is 4.98 Å². The third kappa shape index (κ3) is 3.65. The molecule has 1 aliphatic heterocycles. The number of rotatable bonds is 4. The Labute approximate surface area is 136 Å². The lowest BCUT2D eigenvalue weighted by molar-refractivity contribution is 0.0365. The highest BCUT2D eigenvalue weighted by Crippen LogP contribution is 2.27. The van der Waals surface area contributed by atoms with Crippen LogP contribution in [-0.4, -0.2) is 64.3 Å². The zero-order valence-electron chi connectivity index (χ0n) is 13.9. The van der Waals surface area contributed by atoms with E-state index in [4.69, 9.17) is 4.98 Å². The van der Waals surface area contributed by atoms with Crippen LogP contribution in [0, 0.1) is 6.92 Å². The molecule has 1 unspecified atom stereocenters. The fourth-order valence-corrected chi connectivity index (χ4v) is 3.11. The van der Waals surface area contributed by atoms with Crippen molar-refractivity contribution in [2.75, 3.05) is 38.6 Å². The molecule has 122 valence electrons. The van der Waals surface area contributed by atoms with Gasteiger partial charge in [0.25, 0.3) is 0 Å². The molecule has 0 spiro atoms. The van der Waals surface area contributed by atoms with Crippen LogP contribution in [-0.2, 0) is 0 Å². The highest BCUT2D eigenvalue weighted by atomic mass is 16.3. The normalized spacial score (nSPS) is 21.2. The minimum atomic E-state index is -0.681. The molecular weight excluding hydrogens is 290 g/mol. The molecule has 0 aliphatic carbocycles. The van der Waals surface area contributed by atoms with Crippen molar-refractivity contribution in [1.29, 1.82) is 0 Å². The van der Waals surface area contributed by atoms with E-state index in [1.807, 2.05) is 44.1 Å². The molecule has 2 aromatic rings. The van der Waals surface area contributed by atoms with E-state index in [9.17, 15) is 5.11 Å². The summed E-state index contributed by atoms with van der Waals surface area (Å²) in [6.45, 7) is 4.02. The van der Waals surface area contributed by atoms with E-state index >= 15 is 0 Å². The molecule has 6 nitrogen and oxygen atoms in total. The van der Waals surface area contributed by atoms with Crippen LogP contribution in [0.3, 0.4) is 0 Å². The smallest absolute Gasteiger partial charge is 0.161 e. The van der Waals surface area contributed by atoms with Gasteiger partial charge in [-0.2, -0.15) is 0 Å². The molecule has 0 bridgehead atoms. The Morgan fingerprint density at radius 2 is 2.00 bits per heavy atom. The molecule has 1 fully saturated rings. The Morgan fingerprint density at radius 3 is 2.70 bits per heavy atom. The fraction of sp³-hybridized carbons (Fsp3) is 0.471. The Balaban J connectivity index is 1.86. The maximum Gasteiger partial charge on any atom is 0.161 e. The van der Waals surface area contributed by atoms with Gasteiger partial charge < -0.3 is 14.9 Å². The second-order valence-electron chi connectivity index (χ2n) is 6.56. The molecule has 23 heavy (non-hydrogen) atoms. The number of nitrogens with zero attached hydrogens (tertiary/aromatic N) is 5. The second-order valence-corrected chi connectivity index (χ2v) is 6.56. The molecule has 0 radical (unpaired) electrons. The minimum absolute atomic E-state index is 0.595. The quantitative estimate of drug-likeness (QED) is 0.919. The van der Waals surface area contributed by atoms with Crippen molar-refractivity contribution >= 4 is 5.82 Å². The predicted octanol–water partition coefficient (Wildman–Crippen LogP) is 1.35. The highest BCUT2D eigenvalue weighted by Gasteiger charge is 2.37. The van der Waals surface area contributed by atoms with E-state index in [0.29, 0.717) is 18.9 Å². The average Bonchev–Trinajstić information content (AvgIpc) is 2.89. The summed E-state index contributed by atoms with van der Waals surface area (Å²) in [6.07, 6.45) is 4.23. The molecule has 0 saturated carbocycles. The van der Waals surface area contributed by atoms with E-state index in [-0.39, 0.29) is 0 Å². The van der Waals surface area contributed by atoms with Crippen LogP contribution in [0.25, 0.3) is 11.4 Å². The van der Waals surface area contributed by atoms with E-state index < -0.39 is 5.60 Å². The minimum Gasteiger partial charge on any atom is -0.387 e. The number of aryl methyl sites for hydroxylation is 1. The van der Waals surface area contributed by atoms with Crippen LogP contribution in [0.15, 0.2) is 30.6 Å².